The Labute approximate surface area is 221 Å². The minimum atomic E-state index is -4.84. The number of carbonyl (C=O) groups is 2. The van der Waals surface area contributed by atoms with Crippen LogP contribution in [0.5, 0.6) is 0 Å². The molecule has 4 aromatic rings. The van der Waals surface area contributed by atoms with Crippen molar-refractivity contribution in [2.45, 2.75) is 58.4 Å². The number of nitrogens with zero attached hydrogens (tertiary/aromatic N) is 4. The minimum Gasteiger partial charge on any atom is -0.449 e. The molecule has 39 heavy (non-hydrogen) atoms. The van der Waals surface area contributed by atoms with Gasteiger partial charge in [-0.3, -0.25) is 14.0 Å². The average molecular weight is 545 g/mol. The number of carbonyl (C=O) groups excluding carboxylic acids is 2. The minimum absolute atomic E-state index is 0.0792. The van der Waals surface area contributed by atoms with Gasteiger partial charge >= 0.3 is 12.1 Å². The fraction of sp³-hybridized carbons (Fsp3) is 0.346. The number of nitrogens with two attached hydrogens (primary N) is 1. The zero-order valence-corrected chi connectivity index (χ0v) is 21.7. The van der Waals surface area contributed by atoms with E-state index in [-0.39, 0.29) is 24.0 Å². The van der Waals surface area contributed by atoms with Gasteiger partial charge in [0.1, 0.15) is 17.4 Å². The number of pyridine rings is 1. The average Bonchev–Trinajstić information content (AvgIpc) is 3.50. The first kappa shape index (κ1) is 27.8. The summed E-state index contributed by atoms with van der Waals surface area (Å²) in [6.07, 6.45) is -2.56. The summed E-state index contributed by atoms with van der Waals surface area (Å²) in [6, 6.07) is 7.59. The molecule has 0 saturated heterocycles. The predicted octanol–water partition coefficient (Wildman–Crippen LogP) is 4.40. The van der Waals surface area contributed by atoms with E-state index < -0.39 is 30.2 Å². The molecule has 0 aliphatic carbocycles. The summed E-state index contributed by atoms with van der Waals surface area (Å²) >= 11 is 0. The van der Waals surface area contributed by atoms with E-state index in [1.165, 1.54) is 13.1 Å². The fourth-order valence-corrected chi connectivity index (χ4v) is 3.72. The third kappa shape index (κ3) is 5.93. The van der Waals surface area contributed by atoms with Crippen LogP contribution in [0.2, 0.25) is 0 Å². The van der Waals surface area contributed by atoms with Crippen molar-refractivity contribution in [1.82, 2.24) is 19.5 Å². The third-order valence-corrected chi connectivity index (χ3v) is 6.23. The highest BCUT2D eigenvalue weighted by Gasteiger charge is 2.54. The van der Waals surface area contributed by atoms with Gasteiger partial charge in [0, 0.05) is 30.3 Å². The summed E-state index contributed by atoms with van der Waals surface area (Å²) in [5.41, 5.74) is 6.28. The van der Waals surface area contributed by atoms with Crippen molar-refractivity contribution >= 4 is 23.2 Å². The molecule has 1 amide bonds. The number of rotatable bonds is 8. The molecule has 1 unspecified atom stereocenters. The van der Waals surface area contributed by atoms with Crippen molar-refractivity contribution in [2.24, 2.45) is 5.73 Å². The SMILES string of the molecule is Cc1ccn2c(C(=O)Nc3cc(-c4noc(CC[C@](C)(OC(=O)C(C)N)C(F)(F)F)n4)ccc3C)cnc2c1. The van der Waals surface area contributed by atoms with Crippen molar-refractivity contribution in [3.05, 3.63) is 65.4 Å². The number of amides is 1. The first-order valence-corrected chi connectivity index (χ1v) is 12.0. The molecule has 4 rings (SSSR count). The Morgan fingerprint density at radius 2 is 1.95 bits per heavy atom. The molecule has 2 atom stereocenters. The van der Waals surface area contributed by atoms with Crippen LogP contribution in [0.15, 0.2) is 47.2 Å². The molecular weight excluding hydrogens is 517 g/mol. The highest BCUT2D eigenvalue weighted by atomic mass is 19.4. The van der Waals surface area contributed by atoms with Crippen LogP contribution < -0.4 is 11.1 Å². The van der Waals surface area contributed by atoms with Crippen LogP contribution in [-0.4, -0.2) is 49.2 Å². The number of benzene rings is 1. The van der Waals surface area contributed by atoms with Crippen molar-refractivity contribution in [2.75, 3.05) is 5.32 Å². The third-order valence-electron chi connectivity index (χ3n) is 6.23. The van der Waals surface area contributed by atoms with Crippen molar-refractivity contribution in [3.63, 3.8) is 0 Å². The summed E-state index contributed by atoms with van der Waals surface area (Å²) in [6.45, 7) is 5.74. The highest BCUT2D eigenvalue weighted by Crippen LogP contribution is 2.37. The van der Waals surface area contributed by atoms with Gasteiger partial charge in [0.25, 0.3) is 5.91 Å². The Morgan fingerprint density at radius 3 is 2.64 bits per heavy atom. The summed E-state index contributed by atoms with van der Waals surface area (Å²) in [4.78, 5) is 33.2. The van der Waals surface area contributed by atoms with Gasteiger partial charge in [0.05, 0.1) is 6.20 Å². The van der Waals surface area contributed by atoms with E-state index in [0.29, 0.717) is 22.6 Å². The quantitative estimate of drug-likeness (QED) is 0.312. The van der Waals surface area contributed by atoms with E-state index in [1.807, 2.05) is 19.1 Å². The monoisotopic (exact) mass is 544 g/mol. The van der Waals surface area contributed by atoms with Gasteiger partial charge in [-0.2, -0.15) is 18.2 Å². The molecule has 206 valence electrons. The van der Waals surface area contributed by atoms with E-state index in [9.17, 15) is 22.8 Å². The van der Waals surface area contributed by atoms with Crippen LogP contribution in [0, 0.1) is 13.8 Å². The lowest BCUT2D eigenvalue weighted by molar-refractivity contribution is -0.266. The number of aromatic nitrogens is 4. The molecule has 10 nitrogen and oxygen atoms in total. The summed E-state index contributed by atoms with van der Waals surface area (Å²) < 4.78 is 52.5. The molecule has 0 spiro atoms. The van der Waals surface area contributed by atoms with Crippen molar-refractivity contribution < 1.29 is 32.0 Å². The molecule has 13 heteroatoms. The largest absolute Gasteiger partial charge is 0.449 e. The molecule has 3 aromatic heterocycles. The van der Waals surface area contributed by atoms with Crippen LogP contribution in [-0.2, 0) is 16.0 Å². The van der Waals surface area contributed by atoms with Gasteiger partial charge < -0.3 is 20.3 Å². The van der Waals surface area contributed by atoms with Crippen LogP contribution in [0.25, 0.3) is 17.0 Å². The number of hydrogen-bond donors (Lipinski definition) is 2. The lowest BCUT2D eigenvalue weighted by atomic mass is 9.99. The second-order valence-corrected chi connectivity index (χ2v) is 9.51. The van der Waals surface area contributed by atoms with Crippen molar-refractivity contribution in [1.29, 1.82) is 0 Å². The van der Waals surface area contributed by atoms with Crippen LogP contribution >= 0.6 is 0 Å². The lowest BCUT2D eigenvalue weighted by Crippen LogP contribution is -2.49. The molecule has 0 saturated carbocycles. The maximum Gasteiger partial charge on any atom is 0.428 e. The Morgan fingerprint density at radius 1 is 1.21 bits per heavy atom. The van der Waals surface area contributed by atoms with Gasteiger partial charge in [-0.05, 0) is 57.0 Å². The summed E-state index contributed by atoms with van der Waals surface area (Å²) in [7, 11) is 0. The molecule has 1 aromatic carbocycles. The lowest BCUT2D eigenvalue weighted by Gasteiger charge is -2.31. The molecule has 0 aliphatic rings. The smallest absolute Gasteiger partial charge is 0.428 e. The molecule has 0 radical (unpaired) electrons. The van der Waals surface area contributed by atoms with E-state index in [4.69, 9.17) is 10.3 Å². The Balaban J connectivity index is 1.50. The number of aryl methyl sites for hydroxylation is 3. The molecule has 0 aliphatic heterocycles. The predicted molar refractivity (Wildman–Crippen MR) is 135 cm³/mol. The van der Waals surface area contributed by atoms with E-state index in [0.717, 1.165) is 18.1 Å². The summed E-state index contributed by atoms with van der Waals surface area (Å²) in [5.74, 6) is -1.51. The van der Waals surface area contributed by atoms with Gasteiger partial charge in [-0.25, -0.2) is 4.98 Å². The van der Waals surface area contributed by atoms with Crippen LogP contribution in [0.1, 0.15) is 47.8 Å². The molecule has 3 N–H and O–H groups in total. The number of hydrogen-bond acceptors (Lipinski definition) is 8. The number of fused-ring (bicyclic) bond motifs is 1. The van der Waals surface area contributed by atoms with Gasteiger partial charge in [0.2, 0.25) is 17.3 Å². The number of esters is 1. The van der Waals surface area contributed by atoms with Gasteiger partial charge in [-0.1, -0.05) is 17.3 Å². The van der Waals surface area contributed by atoms with E-state index in [1.54, 1.807) is 35.7 Å². The number of imidazole rings is 1. The molecule has 3 heterocycles. The zero-order chi connectivity index (χ0) is 28.5. The maximum absolute atomic E-state index is 13.7. The normalized spacial score (nSPS) is 14.2. The zero-order valence-electron chi connectivity index (χ0n) is 21.7. The molecule has 0 bridgehead atoms. The first-order chi connectivity index (χ1) is 18.3. The number of ether oxygens (including phenoxy) is 1. The van der Waals surface area contributed by atoms with Crippen LogP contribution in [0.3, 0.4) is 0 Å². The highest BCUT2D eigenvalue weighted by molar-refractivity contribution is 6.04. The van der Waals surface area contributed by atoms with Crippen LogP contribution in [0.4, 0.5) is 18.9 Å². The standard InChI is InChI=1S/C26H27F3N6O4/c1-14-8-10-35-19(13-31-20(35)11-14)23(36)32-18-12-17(6-5-15(18)2)22-33-21(39-34-22)7-9-25(4,26(27,28)29)38-24(37)16(3)30/h5-6,8,10-13,16H,7,9,30H2,1-4H3,(H,32,36)/t16?,25-/m0/s1. The maximum atomic E-state index is 13.7. The number of alkyl halides is 3. The fourth-order valence-electron chi connectivity index (χ4n) is 3.72. The number of nitrogens with one attached hydrogen (secondary N) is 1. The number of halogens is 3. The Kier molecular flexibility index (Phi) is 7.46. The van der Waals surface area contributed by atoms with E-state index in [2.05, 4.69) is 25.2 Å². The second kappa shape index (κ2) is 10.5. The topological polar surface area (TPSA) is 138 Å². The van der Waals surface area contributed by atoms with E-state index >= 15 is 0 Å². The summed E-state index contributed by atoms with van der Waals surface area (Å²) in [5, 5.41) is 6.72. The molecule has 0 fully saturated rings. The first-order valence-electron chi connectivity index (χ1n) is 12.0. The van der Waals surface area contributed by atoms with Gasteiger partial charge in [-0.15, -0.1) is 0 Å². The van der Waals surface area contributed by atoms with Crippen molar-refractivity contribution in [3.8, 4) is 11.4 Å². The Hall–Kier alpha value is -4.26. The Bertz CT molecular complexity index is 1530. The van der Waals surface area contributed by atoms with Gasteiger partial charge in [0.15, 0.2) is 0 Å². The second-order valence-electron chi connectivity index (χ2n) is 9.51. The number of anilines is 1. The molecular formula is C26H27F3N6O4.